The lowest BCUT2D eigenvalue weighted by Gasteiger charge is -2.23. The zero-order valence-corrected chi connectivity index (χ0v) is 12.0. The number of rotatable bonds is 5. The molecule has 21 heavy (non-hydrogen) atoms. The fourth-order valence-electron chi connectivity index (χ4n) is 2.10. The first-order valence-electron chi connectivity index (χ1n) is 6.72. The highest BCUT2D eigenvalue weighted by atomic mass is 19.2. The molecule has 110 valence electrons. The van der Waals surface area contributed by atoms with Gasteiger partial charge >= 0.3 is 0 Å². The van der Waals surface area contributed by atoms with Crippen molar-refractivity contribution in [1.29, 1.82) is 0 Å². The predicted molar refractivity (Wildman–Crippen MR) is 78.1 cm³/mol. The summed E-state index contributed by atoms with van der Waals surface area (Å²) >= 11 is 0. The Morgan fingerprint density at radius 3 is 2.38 bits per heavy atom. The zero-order valence-electron chi connectivity index (χ0n) is 12.0. The van der Waals surface area contributed by atoms with Gasteiger partial charge in [0.05, 0.1) is 6.04 Å². The molecule has 0 spiro atoms. The van der Waals surface area contributed by atoms with E-state index in [-0.39, 0.29) is 11.3 Å². The van der Waals surface area contributed by atoms with Gasteiger partial charge in [0.25, 0.3) is 0 Å². The number of hydrogen-bond acceptors (Lipinski definition) is 2. The molecule has 0 aromatic heterocycles. The van der Waals surface area contributed by atoms with Crippen molar-refractivity contribution in [3.63, 3.8) is 0 Å². The quantitative estimate of drug-likeness (QED) is 0.783. The third-order valence-electron chi connectivity index (χ3n) is 3.52. The van der Waals surface area contributed by atoms with E-state index < -0.39 is 17.7 Å². The summed E-state index contributed by atoms with van der Waals surface area (Å²) in [6.45, 7) is 2.37. The number of hydrogen-bond donors (Lipinski definition) is 0. The van der Waals surface area contributed by atoms with E-state index >= 15 is 0 Å². The van der Waals surface area contributed by atoms with Crippen LogP contribution >= 0.6 is 0 Å². The predicted octanol–water partition coefficient (Wildman–Crippen LogP) is 3.67. The van der Waals surface area contributed by atoms with Crippen LogP contribution in [0.1, 0.15) is 22.8 Å². The van der Waals surface area contributed by atoms with E-state index in [1.165, 1.54) is 6.07 Å². The van der Waals surface area contributed by atoms with Gasteiger partial charge in [-0.3, -0.25) is 9.69 Å². The Labute approximate surface area is 123 Å². The Hall–Kier alpha value is -2.07. The second-order valence-electron chi connectivity index (χ2n) is 5.07. The van der Waals surface area contributed by atoms with Crippen LogP contribution in [-0.2, 0) is 6.54 Å². The number of carbonyl (C=O) groups is 1. The number of halogens is 2. The first kappa shape index (κ1) is 15.3. The molecule has 1 atom stereocenters. The maximum atomic E-state index is 13.2. The van der Waals surface area contributed by atoms with Crippen LogP contribution in [0.4, 0.5) is 8.78 Å². The molecule has 2 nitrogen and oxygen atoms in total. The minimum absolute atomic E-state index is 0.182. The smallest absolute Gasteiger partial charge is 0.179 e. The van der Waals surface area contributed by atoms with Crippen molar-refractivity contribution < 1.29 is 13.6 Å². The Morgan fingerprint density at radius 1 is 1.10 bits per heavy atom. The molecule has 4 heteroatoms. The normalized spacial score (nSPS) is 12.4. The highest BCUT2D eigenvalue weighted by Gasteiger charge is 2.20. The molecule has 0 saturated heterocycles. The number of Topliss-reactive ketones (excluding diaryl/α,β-unsaturated/α-hetero) is 1. The van der Waals surface area contributed by atoms with Gasteiger partial charge in [0.15, 0.2) is 17.4 Å². The molecule has 0 N–H and O–H groups in total. The highest BCUT2D eigenvalue weighted by molar-refractivity contribution is 5.99. The van der Waals surface area contributed by atoms with E-state index in [9.17, 15) is 13.6 Å². The molecule has 2 rings (SSSR count). The number of likely N-dealkylation sites (N-methyl/N-ethyl adjacent to an activating group) is 1. The van der Waals surface area contributed by atoms with Crippen molar-refractivity contribution in [2.75, 3.05) is 7.05 Å². The standard InChI is InChI=1S/C17H17F2NO/c1-12(20(2)11-13-6-4-3-5-7-13)17(21)14-8-9-15(18)16(19)10-14/h3-10,12H,11H2,1-2H3. The molecular formula is C17H17F2NO. The molecule has 0 fully saturated rings. The summed E-state index contributed by atoms with van der Waals surface area (Å²) in [5.41, 5.74) is 1.27. The van der Waals surface area contributed by atoms with Crippen LogP contribution in [-0.4, -0.2) is 23.8 Å². The van der Waals surface area contributed by atoms with Crippen LogP contribution in [0.5, 0.6) is 0 Å². The average molecular weight is 289 g/mol. The summed E-state index contributed by atoms with van der Waals surface area (Å²) in [6, 6.07) is 12.6. The molecular weight excluding hydrogens is 272 g/mol. The molecule has 0 aliphatic carbocycles. The van der Waals surface area contributed by atoms with Gasteiger partial charge in [-0.05, 0) is 37.7 Å². The largest absolute Gasteiger partial charge is 0.292 e. The summed E-state index contributed by atoms with van der Waals surface area (Å²) in [6.07, 6.45) is 0. The maximum absolute atomic E-state index is 13.2. The lowest BCUT2D eigenvalue weighted by Crippen LogP contribution is -2.35. The second kappa shape index (κ2) is 6.59. The van der Waals surface area contributed by atoms with Crippen molar-refractivity contribution in [3.05, 3.63) is 71.3 Å². The van der Waals surface area contributed by atoms with Crippen LogP contribution in [0, 0.1) is 11.6 Å². The van der Waals surface area contributed by atoms with Crippen molar-refractivity contribution in [2.24, 2.45) is 0 Å². The summed E-state index contributed by atoms with van der Waals surface area (Å²) < 4.78 is 26.1. The van der Waals surface area contributed by atoms with E-state index in [2.05, 4.69) is 0 Å². The van der Waals surface area contributed by atoms with Gasteiger partial charge in [-0.1, -0.05) is 30.3 Å². The van der Waals surface area contributed by atoms with Crippen molar-refractivity contribution in [2.45, 2.75) is 19.5 Å². The molecule has 0 bridgehead atoms. The zero-order chi connectivity index (χ0) is 15.4. The summed E-state index contributed by atoms with van der Waals surface area (Å²) in [4.78, 5) is 14.2. The Bertz CT molecular complexity index is 628. The van der Waals surface area contributed by atoms with E-state index in [1.54, 1.807) is 6.92 Å². The summed E-state index contributed by atoms with van der Waals surface area (Å²) in [7, 11) is 1.83. The minimum Gasteiger partial charge on any atom is -0.292 e. The number of nitrogens with zero attached hydrogens (tertiary/aromatic N) is 1. The summed E-state index contributed by atoms with van der Waals surface area (Å²) in [5.74, 6) is -2.18. The number of carbonyl (C=O) groups excluding carboxylic acids is 1. The Kier molecular flexibility index (Phi) is 4.81. The van der Waals surface area contributed by atoms with Gasteiger partial charge in [-0.25, -0.2) is 8.78 Å². The van der Waals surface area contributed by atoms with Crippen LogP contribution in [0.15, 0.2) is 48.5 Å². The first-order valence-corrected chi connectivity index (χ1v) is 6.72. The molecule has 1 unspecified atom stereocenters. The van der Waals surface area contributed by atoms with Gasteiger partial charge in [0.2, 0.25) is 0 Å². The second-order valence-corrected chi connectivity index (χ2v) is 5.07. The fourth-order valence-corrected chi connectivity index (χ4v) is 2.10. The Balaban J connectivity index is 2.09. The SMILES string of the molecule is CC(C(=O)c1ccc(F)c(F)c1)N(C)Cc1ccccc1. The highest BCUT2D eigenvalue weighted by Crippen LogP contribution is 2.14. The first-order chi connectivity index (χ1) is 9.99. The van der Waals surface area contributed by atoms with Crippen LogP contribution in [0.25, 0.3) is 0 Å². The van der Waals surface area contributed by atoms with E-state index in [0.29, 0.717) is 6.54 Å². The fraction of sp³-hybridized carbons (Fsp3) is 0.235. The minimum atomic E-state index is -1.00. The van der Waals surface area contributed by atoms with Gasteiger partial charge in [0.1, 0.15) is 0 Å². The van der Waals surface area contributed by atoms with Crippen LogP contribution in [0.3, 0.4) is 0 Å². The molecule has 0 saturated carbocycles. The van der Waals surface area contributed by atoms with Gasteiger partial charge in [-0.15, -0.1) is 0 Å². The Morgan fingerprint density at radius 2 is 1.76 bits per heavy atom. The third kappa shape index (κ3) is 3.73. The van der Waals surface area contributed by atoms with Crippen molar-refractivity contribution in [3.8, 4) is 0 Å². The van der Waals surface area contributed by atoms with Crippen LogP contribution in [0.2, 0.25) is 0 Å². The molecule has 0 aliphatic heterocycles. The molecule has 0 radical (unpaired) electrons. The monoisotopic (exact) mass is 289 g/mol. The lowest BCUT2D eigenvalue weighted by atomic mass is 10.0. The molecule has 2 aromatic carbocycles. The molecule has 2 aromatic rings. The maximum Gasteiger partial charge on any atom is 0.179 e. The van der Waals surface area contributed by atoms with Gasteiger partial charge in [0, 0.05) is 12.1 Å². The van der Waals surface area contributed by atoms with Gasteiger partial charge in [-0.2, -0.15) is 0 Å². The van der Waals surface area contributed by atoms with Crippen molar-refractivity contribution >= 4 is 5.78 Å². The number of benzene rings is 2. The molecule has 0 heterocycles. The van der Waals surface area contributed by atoms with Crippen molar-refractivity contribution in [1.82, 2.24) is 4.90 Å². The number of ketones is 1. The molecule has 0 amide bonds. The van der Waals surface area contributed by atoms with Crippen LogP contribution < -0.4 is 0 Å². The lowest BCUT2D eigenvalue weighted by molar-refractivity contribution is 0.0861. The summed E-state index contributed by atoms with van der Waals surface area (Å²) in [5, 5.41) is 0. The van der Waals surface area contributed by atoms with E-state index in [1.807, 2.05) is 42.3 Å². The van der Waals surface area contributed by atoms with E-state index in [4.69, 9.17) is 0 Å². The van der Waals surface area contributed by atoms with Gasteiger partial charge < -0.3 is 0 Å². The topological polar surface area (TPSA) is 20.3 Å². The molecule has 0 aliphatic rings. The average Bonchev–Trinajstić information content (AvgIpc) is 2.49. The van der Waals surface area contributed by atoms with E-state index in [0.717, 1.165) is 17.7 Å². The third-order valence-corrected chi connectivity index (χ3v) is 3.52.